The number of hydrogen-bond donors (Lipinski definition) is 2. The molecule has 4 rings (SSSR count). The molecule has 0 spiro atoms. The zero-order valence-corrected chi connectivity index (χ0v) is 22.3. The van der Waals surface area contributed by atoms with Crippen LogP contribution < -0.4 is 15.0 Å². The molecule has 36 heavy (non-hydrogen) atoms. The van der Waals surface area contributed by atoms with Crippen LogP contribution in [0, 0.1) is 0 Å². The van der Waals surface area contributed by atoms with Crippen molar-refractivity contribution in [1.82, 2.24) is 5.43 Å². The van der Waals surface area contributed by atoms with E-state index >= 15 is 0 Å². The highest BCUT2D eigenvalue weighted by Gasteiger charge is 2.36. The third-order valence-corrected chi connectivity index (χ3v) is 8.26. The molecule has 3 aliphatic rings. The maximum Gasteiger partial charge on any atom is 0.461 e. The molecule has 8 nitrogen and oxygen atoms in total. The highest BCUT2D eigenvalue weighted by atomic mass is 32.2. The summed E-state index contributed by atoms with van der Waals surface area (Å²) >= 11 is 0.727. The molecular formula is C23H31F3N6O2S2. The van der Waals surface area contributed by atoms with E-state index in [1.807, 2.05) is 7.05 Å². The third kappa shape index (κ3) is 6.39. The van der Waals surface area contributed by atoms with Crippen LogP contribution in [-0.4, -0.2) is 40.7 Å². The molecule has 2 aliphatic heterocycles. The van der Waals surface area contributed by atoms with Crippen molar-refractivity contribution < 1.29 is 22.7 Å². The smallest absolute Gasteiger partial charge is 0.457 e. The average Bonchev–Trinajstić information content (AvgIpc) is 3.29. The fourth-order valence-corrected chi connectivity index (χ4v) is 5.84. The van der Waals surface area contributed by atoms with Gasteiger partial charge in [-0.05, 0) is 81.3 Å². The minimum Gasteiger partial charge on any atom is -0.457 e. The van der Waals surface area contributed by atoms with Crippen molar-refractivity contribution in [1.29, 1.82) is 0 Å². The second kappa shape index (κ2) is 10.7. The quantitative estimate of drug-likeness (QED) is 0.229. The first kappa shape index (κ1) is 26.9. The van der Waals surface area contributed by atoms with Crippen molar-refractivity contribution in [3.05, 3.63) is 17.7 Å². The molecule has 1 aromatic carbocycles. The lowest BCUT2D eigenvalue weighted by Crippen LogP contribution is -2.45. The van der Waals surface area contributed by atoms with Crippen LogP contribution in [0.5, 0.6) is 0 Å². The number of rotatable bonds is 6. The summed E-state index contributed by atoms with van der Waals surface area (Å²) in [5.41, 5.74) is -0.220. The van der Waals surface area contributed by atoms with E-state index in [1.54, 1.807) is 12.1 Å². The number of benzene rings is 1. The fourth-order valence-electron chi connectivity index (χ4n) is 4.79. The molecule has 0 amide bonds. The average molecular weight is 545 g/mol. The largest absolute Gasteiger partial charge is 0.461 e. The first-order valence-corrected chi connectivity index (χ1v) is 13.7. The highest BCUT2D eigenvalue weighted by Crippen LogP contribution is 2.47. The number of hydrogen-bond acceptors (Lipinski definition) is 10. The third-order valence-electron chi connectivity index (χ3n) is 6.80. The van der Waals surface area contributed by atoms with E-state index in [4.69, 9.17) is 4.74 Å². The number of nitrogens with one attached hydrogen (secondary N) is 2. The van der Waals surface area contributed by atoms with Crippen molar-refractivity contribution in [2.24, 2.45) is 15.3 Å². The Kier molecular flexibility index (Phi) is 7.98. The van der Waals surface area contributed by atoms with Crippen LogP contribution in [0.25, 0.3) is 0 Å². The lowest BCUT2D eigenvalue weighted by atomic mass is 9.80. The van der Waals surface area contributed by atoms with Crippen LogP contribution in [-0.2, 0) is 9.53 Å². The summed E-state index contributed by atoms with van der Waals surface area (Å²) in [7, 11) is 1.94. The van der Waals surface area contributed by atoms with E-state index in [9.17, 15) is 18.0 Å². The normalized spacial score (nSPS) is 24.3. The van der Waals surface area contributed by atoms with Gasteiger partial charge in [0, 0.05) is 18.3 Å². The van der Waals surface area contributed by atoms with E-state index in [0.29, 0.717) is 0 Å². The molecular weight excluding hydrogens is 513 g/mol. The monoisotopic (exact) mass is 544 g/mol. The number of alkyl halides is 3. The van der Waals surface area contributed by atoms with E-state index in [2.05, 4.69) is 51.1 Å². The van der Waals surface area contributed by atoms with E-state index < -0.39 is 17.0 Å². The van der Waals surface area contributed by atoms with Crippen LogP contribution in [0.1, 0.15) is 70.8 Å². The minimum absolute atomic E-state index is 0.0874. The number of nitrogens with zero attached hydrogens (tertiary/aromatic N) is 4. The predicted octanol–water partition coefficient (Wildman–Crippen LogP) is 6.88. The van der Waals surface area contributed by atoms with Gasteiger partial charge in [-0.1, -0.05) is 13.3 Å². The van der Waals surface area contributed by atoms with Gasteiger partial charge in [-0.2, -0.15) is 23.4 Å². The van der Waals surface area contributed by atoms with Gasteiger partial charge in [0.1, 0.15) is 11.8 Å². The van der Waals surface area contributed by atoms with Crippen molar-refractivity contribution in [2.75, 3.05) is 16.7 Å². The first-order valence-electron chi connectivity index (χ1n) is 12.0. The Morgan fingerprint density at radius 2 is 2.03 bits per heavy atom. The van der Waals surface area contributed by atoms with Gasteiger partial charge < -0.3 is 14.4 Å². The summed E-state index contributed by atoms with van der Waals surface area (Å²) in [6.45, 7) is 6.31. The Hall–Kier alpha value is -2.15. The molecule has 13 heteroatoms. The maximum atomic E-state index is 13.0. The molecule has 1 aliphatic carbocycles. The fraction of sp³-hybridized carbons (Fsp3) is 0.652. The molecule has 2 N–H and O–H groups in total. The van der Waals surface area contributed by atoms with Crippen LogP contribution in [0.15, 0.2) is 27.5 Å². The van der Waals surface area contributed by atoms with Crippen molar-refractivity contribution in [3.63, 3.8) is 0 Å². The predicted molar refractivity (Wildman–Crippen MR) is 139 cm³/mol. The van der Waals surface area contributed by atoms with Gasteiger partial charge in [-0.3, -0.25) is 5.43 Å². The molecule has 1 aromatic rings. The number of halogens is 3. The number of ether oxygens (including phenoxy) is 1. The van der Waals surface area contributed by atoms with Gasteiger partial charge in [0.2, 0.25) is 10.5 Å². The Morgan fingerprint density at radius 3 is 2.72 bits per heavy atom. The Bertz CT molecular complexity index is 1040. The Labute approximate surface area is 217 Å². The molecule has 198 valence electrons. The summed E-state index contributed by atoms with van der Waals surface area (Å²) in [5.74, 6) is -0.303. The molecule has 1 saturated carbocycles. The summed E-state index contributed by atoms with van der Waals surface area (Å²) in [4.78, 5) is 14.5. The van der Waals surface area contributed by atoms with Crippen molar-refractivity contribution in [3.8, 4) is 0 Å². The summed E-state index contributed by atoms with van der Waals surface area (Å²) < 4.78 is 46.8. The van der Waals surface area contributed by atoms with E-state index in [-0.39, 0.29) is 45.9 Å². The number of hydrazone groups is 1. The van der Waals surface area contributed by atoms with Crippen LogP contribution in [0.3, 0.4) is 0 Å². The Balaban J connectivity index is 1.50. The minimum atomic E-state index is -4.47. The summed E-state index contributed by atoms with van der Waals surface area (Å²) in [5, 5.41) is 12.7. The second-order valence-electron chi connectivity index (χ2n) is 9.95. The zero-order valence-electron chi connectivity index (χ0n) is 20.7. The topological polar surface area (TPSA) is 90.7 Å². The molecule has 0 bridgehead atoms. The number of carbonyl (C=O) groups excluding carboxylic acids is 1. The molecule has 0 aromatic heterocycles. The zero-order chi connectivity index (χ0) is 26.1. The van der Waals surface area contributed by atoms with Gasteiger partial charge in [0.15, 0.2) is 0 Å². The lowest BCUT2D eigenvalue weighted by Gasteiger charge is -2.45. The number of anilines is 2. The van der Waals surface area contributed by atoms with Crippen molar-refractivity contribution >= 4 is 51.8 Å². The Morgan fingerprint density at radius 1 is 1.31 bits per heavy atom. The van der Waals surface area contributed by atoms with Gasteiger partial charge in [0.05, 0.1) is 17.6 Å². The maximum absolute atomic E-state index is 13.0. The molecule has 0 radical (unpaired) electrons. The standard InChI is InChI=1S/C23H31F3N6O2S2/c1-13-12-22(2,3)32(4)18-11-17(31-36-23(24,25)26)16(10-15(13)18)27-29-21-30-28-19(35-21)20(33)34-14-8-6-5-7-9-14/h10-11,13-14,21,30-31H,5-9,12H2,1-4H3. The second-order valence-corrected chi connectivity index (χ2v) is 11.9. The number of carbonyl (C=O) groups is 1. The molecule has 2 atom stereocenters. The van der Waals surface area contributed by atoms with Crippen LogP contribution in [0.4, 0.5) is 30.2 Å². The van der Waals surface area contributed by atoms with Crippen LogP contribution >= 0.6 is 23.7 Å². The molecule has 2 unspecified atom stereocenters. The molecule has 0 saturated heterocycles. The summed E-state index contributed by atoms with van der Waals surface area (Å²) in [6, 6.07) is 3.48. The first-order chi connectivity index (χ1) is 16.9. The van der Waals surface area contributed by atoms with Gasteiger partial charge in [-0.15, -0.1) is 5.11 Å². The van der Waals surface area contributed by atoms with Gasteiger partial charge in [-0.25, -0.2) is 4.79 Å². The van der Waals surface area contributed by atoms with E-state index in [0.717, 1.165) is 61.5 Å². The number of azo groups is 1. The highest BCUT2D eigenvalue weighted by molar-refractivity contribution is 8.16. The lowest BCUT2D eigenvalue weighted by molar-refractivity contribution is -0.141. The number of thioether (sulfide) groups is 1. The van der Waals surface area contributed by atoms with E-state index in [1.165, 1.54) is 0 Å². The number of fused-ring (bicyclic) bond motifs is 1. The van der Waals surface area contributed by atoms with Crippen LogP contribution in [0.2, 0.25) is 0 Å². The number of esters is 1. The molecule has 1 fully saturated rings. The van der Waals surface area contributed by atoms with Gasteiger partial charge >= 0.3 is 11.5 Å². The van der Waals surface area contributed by atoms with Crippen molar-refractivity contribution in [2.45, 2.75) is 87.9 Å². The van der Waals surface area contributed by atoms with Gasteiger partial charge in [0.25, 0.3) is 0 Å². The SMILES string of the molecule is CC1CC(C)(C)N(C)c2cc(NSC(F)(F)F)c(N=NC3NN=C(C(=O)OC4CCCCC4)S3)cc21. The molecule has 2 heterocycles. The summed E-state index contributed by atoms with van der Waals surface area (Å²) in [6.07, 6.45) is 5.75.